The lowest BCUT2D eigenvalue weighted by Gasteiger charge is -2.09. The van der Waals surface area contributed by atoms with Crippen LogP contribution in [0, 0.1) is 0 Å². The molecular weight excluding hydrogens is 332 g/mol. The van der Waals surface area contributed by atoms with Crippen molar-refractivity contribution in [3.8, 4) is 5.75 Å². The predicted octanol–water partition coefficient (Wildman–Crippen LogP) is 4.02. The number of carbonyl (C=O) groups excluding carboxylic acids is 1. The number of ether oxygens (including phenoxy) is 1. The minimum atomic E-state index is -0.174. The summed E-state index contributed by atoms with van der Waals surface area (Å²) in [5.41, 5.74) is 4.67. The van der Waals surface area contributed by atoms with Gasteiger partial charge in [0, 0.05) is 5.75 Å². The van der Waals surface area contributed by atoms with E-state index in [1.165, 1.54) is 5.56 Å². The monoisotopic (exact) mass is 354 g/mol. The number of amides is 1. The van der Waals surface area contributed by atoms with Crippen LogP contribution in [0.1, 0.15) is 18.1 Å². The quantitative estimate of drug-likeness (QED) is 0.420. The fourth-order valence-electron chi connectivity index (χ4n) is 1.94. The molecule has 5 heteroatoms. The summed E-state index contributed by atoms with van der Waals surface area (Å²) in [5.74, 6) is 1.46. The van der Waals surface area contributed by atoms with Crippen molar-refractivity contribution in [3.05, 3.63) is 78.4 Å². The van der Waals surface area contributed by atoms with E-state index in [-0.39, 0.29) is 11.2 Å². The smallest absolute Gasteiger partial charge is 0.252 e. The first kappa shape index (κ1) is 18.8. The van der Waals surface area contributed by atoms with Crippen LogP contribution in [0.5, 0.6) is 5.75 Å². The molecule has 0 unspecified atom stereocenters. The molecule has 0 aliphatic rings. The Morgan fingerprint density at radius 3 is 2.64 bits per heavy atom. The summed E-state index contributed by atoms with van der Waals surface area (Å²) in [7, 11) is 0. The van der Waals surface area contributed by atoms with Crippen molar-refractivity contribution in [3.63, 3.8) is 0 Å². The molecule has 2 rings (SSSR count). The summed E-state index contributed by atoms with van der Waals surface area (Å²) in [6.45, 7) is 5.96. The SMILES string of the molecule is C=CCOc1ccc(/C=N\NC(=O)[C@H](C)SCc2ccccc2)cc1. The van der Waals surface area contributed by atoms with Crippen molar-refractivity contribution in [1.29, 1.82) is 0 Å². The molecule has 25 heavy (non-hydrogen) atoms. The number of thioether (sulfide) groups is 1. The Kier molecular flexibility index (Phi) is 7.79. The van der Waals surface area contributed by atoms with Gasteiger partial charge < -0.3 is 4.74 Å². The van der Waals surface area contributed by atoms with E-state index in [9.17, 15) is 4.79 Å². The average molecular weight is 354 g/mol. The Bertz CT molecular complexity index is 699. The number of benzene rings is 2. The number of hydrogen-bond donors (Lipinski definition) is 1. The van der Waals surface area contributed by atoms with Crippen LogP contribution in [0.4, 0.5) is 0 Å². The van der Waals surface area contributed by atoms with E-state index in [0.717, 1.165) is 17.1 Å². The lowest BCUT2D eigenvalue weighted by atomic mass is 10.2. The highest BCUT2D eigenvalue weighted by molar-refractivity contribution is 7.99. The van der Waals surface area contributed by atoms with Crippen molar-refractivity contribution in [1.82, 2.24) is 5.43 Å². The predicted molar refractivity (Wildman–Crippen MR) is 105 cm³/mol. The Morgan fingerprint density at radius 2 is 1.96 bits per heavy atom. The second kappa shape index (κ2) is 10.4. The highest BCUT2D eigenvalue weighted by Crippen LogP contribution is 2.17. The van der Waals surface area contributed by atoms with Gasteiger partial charge in [0.25, 0.3) is 5.91 Å². The zero-order chi connectivity index (χ0) is 17.9. The lowest BCUT2D eigenvalue weighted by Crippen LogP contribution is -2.26. The molecule has 1 amide bonds. The summed E-state index contributed by atoms with van der Waals surface area (Å²) in [6, 6.07) is 17.5. The van der Waals surface area contributed by atoms with Gasteiger partial charge in [0.15, 0.2) is 0 Å². The Labute approximate surface area is 153 Å². The van der Waals surface area contributed by atoms with Crippen LogP contribution < -0.4 is 10.2 Å². The first-order valence-electron chi connectivity index (χ1n) is 8.01. The highest BCUT2D eigenvalue weighted by atomic mass is 32.2. The van der Waals surface area contributed by atoms with Crippen LogP contribution in [0.3, 0.4) is 0 Å². The van der Waals surface area contributed by atoms with E-state index in [2.05, 4.69) is 29.2 Å². The number of carbonyl (C=O) groups is 1. The van der Waals surface area contributed by atoms with Gasteiger partial charge >= 0.3 is 0 Å². The van der Waals surface area contributed by atoms with E-state index in [4.69, 9.17) is 4.74 Å². The molecule has 2 aromatic carbocycles. The van der Waals surface area contributed by atoms with E-state index >= 15 is 0 Å². The Hall–Kier alpha value is -2.53. The first-order chi connectivity index (χ1) is 12.2. The zero-order valence-electron chi connectivity index (χ0n) is 14.2. The third-order valence-corrected chi connectivity index (χ3v) is 4.56. The molecule has 1 atom stereocenters. The molecule has 0 aliphatic heterocycles. The molecule has 1 N–H and O–H groups in total. The third kappa shape index (κ3) is 6.85. The first-order valence-corrected chi connectivity index (χ1v) is 9.06. The van der Waals surface area contributed by atoms with Crippen molar-refractivity contribution in [2.75, 3.05) is 6.61 Å². The summed E-state index contributed by atoms with van der Waals surface area (Å²) in [4.78, 5) is 12.1. The Balaban J connectivity index is 1.76. The maximum atomic E-state index is 12.1. The van der Waals surface area contributed by atoms with Crippen molar-refractivity contribution < 1.29 is 9.53 Å². The zero-order valence-corrected chi connectivity index (χ0v) is 15.0. The average Bonchev–Trinajstić information content (AvgIpc) is 2.66. The molecule has 0 saturated heterocycles. The maximum absolute atomic E-state index is 12.1. The Morgan fingerprint density at radius 1 is 1.24 bits per heavy atom. The van der Waals surface area contributed by atoms with Gasteiger partial charge in [0.05, 0.1) is 11.5 Å². The number of rotatable bonds is 9. The van der Waals surface area contributed by atoms with E-state index in [0.29, 0.717) is 6.61 Å². The van der Waals surface area contributed by atoms with Crippen LogP contribution in [-0.4, -0.2) is 24.0 Å². The van der Waals surface area contributed by atoms with Gasteiger partial charge in [-0.05, 0) is 42.3 Å². The second-order valence-electron chi connectivity index (χ2n) is 5.34. The normalized spacial score (nSPS) is 11.9. The molecule has 4 nitrogen and oxygen atoms in total. The van der Waals surface area contributed by atoms with Gasteiger partial charge in [-0.3, -0.25) is 4.79 Å². The van der Waals surface area contributed by atoms with Crippen LogP contribution >= 0.6 is 11.8 Å². The van der Waals surface area contributed by atoms with Crippen molar-refractivity contribution in [2.24, 2.45) is 5.10 Å². The number of hydrazone groups is 1. The summed E-state index contributed by atoms with van der Waals surface area (Å²) < 4.78 is 5.41. The van der Waals surface area contributed by atoms with E-state index < -0.39 is 0 Å². The molecule has 2 aromatic rings. The molecule has 0 spiro atoms. The second-order valence-corrected chi connectivity index (χ2v) is 6.67. The number of hydrogen-bond acceptors (Lipinski definition) is 4. The molecule has 0 saturated carbocycles. The molecule has 0 fully saturated rings. The largest absolute Gasteiger partial charge is 0.490 e. The fraction of sp³-hybridized carbons (Fsp3) is 0.200. The summed E-state index contributed by atoms with van der Waals surface area (Å²) in [5, 5.41) is 3.84. The standard InChI is InChI=1S/C20H22N2O2S/c1-3-13-24-19-11-9-17(10-12-19)14-21-22-20(23)16(2)25-15-18-7-5-4-6-8-18/h3-12,14,16H,1,13,15H2,2H3,(H,22,23)/b21-14-/t16-/m0/s1. The molecule has 0 heterocycles. The topological polar surface area (TPSA) is 50.7 Å². The van der Waals surface area contributed by atoms with Gasteiger partial charge in [0.2, 0.25) is 0 Å². The summed E-state index contributed by atoms with van der Waals surface area (Å²) >= 11 is 1.58. The molecule has 0 aromatic heterocycles. The minimum Gasteiger partial charge on any atom is -0.490 e. The summed E-state index contributed by atoms with van der Waals surface area (Å²) in [6.07, 6.45) is 3.31. The minimum absolute atomic E-state index is 0.108. The number of nitrogens with zero attached hydrogens (tertiary/aromatic N) is 1. The van der Waals surface area contributed by atoms with Gasteiger partial charge in [-0.2, -0.15) is 5.10 Å². The molecule has 0 radical (unpaired) electrons. The molecular formula is C20H22N2O2S. The van der Waals surface area contributed by atoms with Gasteiger partial charge in [-0.15, -0.1) is 11.8 Å². The van der Waals surface area contributed by atoms with Crippen LogP contribution in [0.25, 0.3) is 0 Å². The van der Waals surface area contributed by atoms with Gasteiger partial charge in [-0.25, -0.2) is 5.43 Å². The lowest BCUT2D eigenvalue weighted by molar-refractivity contribution is -0.120. The molecule has 0 bridgehead atoms. The van der Waals surface area contributed by atoms with Gasteiger partial charge in [-0.1, -0.05) is 43.0 Å². The van der Waals surface area contributed by atoms with Gasteiger partial charge in [0.1, 0.15) is 12.4 Å². The van der Waals surface area contributed by atoms with E-state index in [1.807, 2.05) is 49.4 Å². The van der Waals surface area contributed by atoms with Crippen molar-refractivity contribution in [2.45, 2.75) is 17.9 Å². The van der Waals surface area contributed by atoms with E-state index in [1.54, 1.807) is 24.1 Å². The van der Waals surface area contributed by atoms with Crippen LogP contribution in [0.15, 0.2) is 72.4 Å². The van der Waals surface area contributed by atoms with Crippen LogP contribution in [0.2, 0.25) is 0 Å². The van der Waals surface area contributed by atoms with Crippen molar-refractivity contribution >= 4 is 23.9 Å². The molecule has 0 aliphatic carbocycles. The number of nitrogens with one attached hydrogen (secondary N) is 1. The maximum Gasteiger partial charge on any atom is 0.252 e. The molecule has 130 valence electrons. The highest BCUT2D eigenvalue weighted by Gasteiger charge is 2.12. The fourth-order valence-corrected chi connectivity index (χ4v) is 2.78. The van der Waals surface area contributed by atoms with Crippen LogP contribution in [-0.2, 0) is 10.5 Å². The third-order valence-electron chi connectivity index (χ3n) is 3.35.